The Morgan fingerprint density at radius 3 is 0.815 bits per heavy atom. The zero-order chi connectivity index (χ0) is 58.5. The third-order valence-corrected chi connectivity index (χ3v) is 13.2. The Morgan fingerprint density at radius 1 is 0.259 bits per heavy atom. The summed E-state index contributed by atoms with van der Waals surface area (Å²) >= 11 is 0. The fraction of sp³-hybridized carbons (Fsp3) is 0.587. The molecule has 0 bridgehead atoms. The molecule has 0 aliphatic rings. The Hall–Kier alpha value is -5.23. The molecule has 0 N–H and O–H groups in total. The Morgan fingerprint density at radius 2 is 0.494 bits per heavy atom. The lowest BCUT2D eigenvalue weighted by atomic mass is 10.1. The molecule has 0 saturated carbocycles. The monoisotopic (exact) mass is 1110 g/mol. The highest BCUT2D eigenvalue weighted by Gasteiger charge is 2.19. The average molecular weight is 1120 g/mol. The lowest BCUT2D eigenvalue weighted by Crippen LogP contribution is -2.30. The van der Waals surface area contributed by atoms with Crippen molar-refractivity contribution >= 4 is 17.9 Å². The predicted octanol–water partition coefficient (Wildman–Crippen LogP) is 22.7. The maximum absolute atomic E-state index is 12.9. The van der Waals surface area contributed by atoms with E-state index in [9.17, 15) is 14.4 Å². The van der Waals surface area contributed by atoms with Crippen molar-refractivity contribution in [2.24, 2.45) is 0 Å². The number of unbranched alkanes of at least 4 members (excludes halogenated alkanes) is 18. The van der Waals surface area contributed by atoms with Crippen molar-refractivity contribution in [2.75, 3.05) is 13.2 Å². The van der Waals surface area contributed by atoms with E-state index in [0.717, 1.165) is 135 Å². The van der Waals surface area contributed by atoms with Gasteiger partial charge in [0.1, 0.15) is 13.2 Å². The number of carbonyl (C=O) groups excluding carboxylic acids is 3. The number of ether oxygens (including phenoxy) is 3. The normalized spacial score (nSPS) is 13.3. The summed E-state index contributed by atoms with van der Waals surface area (Å²) in [5.74, 6) is -1.02. The summed E-state index contributed by atoms with van der Waals surface area (Å²) in [6, 6.07) is 0. The molecule has 0 fully saturated rings. The highest BCUT2D eigenvalue weighted by Crippen LogP contribution is 2.14. The van der Waals surface area contributed by atoms with Crippen LogP contribution in [-0.2, 0) is 28.6 Å². The highest BCUT2D eigenvalue weighted by molar-refractivity contribution is 5.71. The standard InChI is InChI=1S/C75H118O6/c1-4-7-10-13-16-19-22-25-28-31-34-36-37-39-41-44-47-50-53-56-59-62-65-68-74(77)80-71-72(70-79-73(76)67-64-61-58-55-52-49-46-43-40-33-30-27-24-21-18-15-12-9-6-3)81-75(78)69-66-63-60-57-54-51-48-45-42-38-35-32-29-26-23-20-17-14-11-8-5-2/h7,9-10,12,16,18-19,21,23,25-28,30,32,34-36,39-41,43,47,49-50,52,56,59,72H,4-6,8,11,13-15,17,20,22,24,29,31,33,37-38,42,44-46,48,51,53-55,57-58,60-71H2,1-3H3/b10-7-,12-9-,19-16-,21-18-,26-23-,28-25-,30-27-,35-32-,36-34-,41-39-,43-40-,50-47-,52-49-,59-56-. The van der Waals surface area contributed by atoms with Gasteiger partial charge < -0.3 is 14.2 Å². The predicted molar refractivity (Wildman–Crippen MR) is 352 cm³/mol. The molecule has 0 aliphatic carbocycles. The first-order chi connectivity index (χ1) is 40.0. The Balaban J connectivity index is 4.58. The Labute approximate surface area is 498 Å². The van der Waals surface area contributed by atoms with Gasteiger partial charge in [0.2, 0.25) is 0 Å². The van der Waals surface area contributed by atoms with Gasteiger partial charge in [-0.1, -0.05) is 268 Å². The SMILES string of the molecule is CC/C=C\C/C=C\C/C=C\C/C=C\C/C=C\C/C=C\C/C=C\CCCC(=O)OCC(COC(=O)CCCCC/C=C\C/C=C\C/C=C\C/C=C\C/C=C\CC)OC(=O)CCCCCCCCCCC/C=C\C/C=C\CCCCCCC. The molecule has 0 aromatic heterocycles. The molecule has 81 heavy (non-hydrogen) atoms. The summed E-state index contributed by atoms with van der Waals surface area (Å²) in [5.41, 5.74) is 0. The van der Waals surface area contributed by atoms with E-state index in [2.05, 4.69) is 191 Å². The van der Waals surface area contributed by atoms with Crippen molar-refractivity contribution in [2.45, 2.75) is 271 Å². The van der Waals surface area contributed by atoms with Gasteiger partial charge in [-0.05, 0) is 148 Å². The van der Waals surface area contributed by atoms with E-state index in [1.54, 1.807) is 0 Å². The van der Waals surface area contributed by atoms with Crippen LogP contribution >= 0.6 is 0 Å². The third kappa shape index (κ3) is 65.5. The fourth-order valence-electron chi connectivity index (χ4n) is 8.37. The van der Waals surface area contributed by atoms with Crippen LogP contribution in [0, 0.1) is 0 Å². The first-order valence-corrected chi connectivity index (χ1v) is 32.6. The minimum Gasteiger partial charge on any atom is -0.462 e. The largest absolute Gasteiger partial charge is 0.462 e. The fourth-order valence-corrected chi connectivity index (χ4v) is 8.37. The second-order valence-corrected chi connectivity index (χ2v) is 20.9. The average Bonchev–Trinajstić information content (AvgIpc) is 3.47. The van der Waals surface area contributed by atoms with Crippen LogP contribution in [0.15, 0.2) is 170 Å². The van der Waals surface area contributed by atoms with E-state index < -0.39 is 6.10 Å². The third-order valence-electron chi connectivity index (χ3n) is 13.2. The first kappa shape index (κ1) is 75.8. The molecule has 0 aliphatic heterocycles. The maximum Gasteiger partial charge on any atom is 0.306 e. The number of esters is 3. The van der Waals surface area contributed by atoms with Crippen LogP contribution in [0.5, 0.6) is 0 Å². The quantitative estimate of drug-likeness (QED) is 0.0261. The summed E-state index contributed by atoms with van der Waals surface area (Å²) in [4.78, 5) is 38.4. The van der Waals surface area contributed by atoms with Crippen LogP contribution in [0.2, 0.25) is 0 Å². The Bertz CT molecular complexity index is 1860. The topological polar surface area (TPSA) is 78.9 Å². The zero-order valence-corrected chi connectivity index (χ0v) is 52.0. The van der Waals surface area contributed by atoms with Crippen molar-refractivity contribution in [1.82, 2.24) is 0 Å². The summed E-state index contributed by atoms with van der Waals surface area (Å²) in [5, 5.41) is 0. The minimum atomic E-state index is -0.829. The molecule has 1 unspecified atom stereocenters. The number of hydrogen-bond acceptors (Lipinski definition) is 6. The second-order valence-electron chi connectivity index (χ2n) is 20.9. The number of allylic oxidation sites excluding steroid dienone is 28. The van der Waals surface area contributed by atoms with E-state index in [4.69, 9.17) is 14.2 Å². The van der Waals surface area contributed by atoms with Crippen LogP contribution in [0.4, 0.5) is 0 Å². The molecular weight excluding hydrogens is 997 g/mol. The van der Waals surface area contributed by atoms with Crippen LogP contribution in [0.25, 0.3) is 0 Å². The van der Waals surface area contributed by atoms with Gasteiger partial charge in [-0.15, -0.1) is 0 Å². The summed E-state index contributed by atoms with van der Waals surface area (Å²) in [6.07, 6.45) is 99.3. The van der Waals surface area contributed by atoms with Crippen LogP contribution in [0.3, 0.4) is 0 Å². The smallest absolute Gasteiger partial charge is 0.306 e. The lowest BCUT2D eigenvalue weighted by molar-refractivity contribution is -0.167. The van der Waals surface area contributed by atoms with E-state index in [-0.39, 0.29) is 37.5 Å². The maximum atomic E-state index is 12.9. The summed E-state index contributed by atoms with van der Waals surface area (Å²) < 4.78 is 16.9. The van der Waals surface area contributed by atoms with Gasteiger partial charge in [0, 0.05) is 19.3 Å². The van der Waals surface area contributed by atoms with E-state index in [1.807, 2.05) is 0 Å². The molecule has 1 atom stereocenters. The van der Waals surface area contributed by atoms with Crippen LogP contribution in [-0.4, -0.2) is 37.2 Å². The molecule has 0 spiro atoms. The molecular formula is C75H118O6. The number of carbonyl (C=O) groups is 3. The van der Waals surface area contributed by atoms with E-state index in [1.165, 1.54) is 83.5 Å². The molecule has 454 valence electrons. The first-order valence-electron chi connectivity index (χ1n) is 32.6. The van der Waals surface area contributed by atoms with Gasteiger partial charge in [-0.3, -0.25) is 14.4 Å². The Kier molecular flexibility index (Phi) is 62.9. The molecule has 0 saturated heterocycles. The second kappa shape index (κ2) is 67.3. The molecule has 0 radical (unpaired) electrons. The van der Waals surface area contributed by atoms with Gasteiger partial charge in [0.15, 0.2) is 6.10 Å². The highest BCUT2D eigenvalue weighted by atomic mass is 16.6. The molecule has 0 rings (SSSR count). The van der Waals surface area contributed by atoms with Crippen LogP contribution in [0.1, 0.15) is 265 Å². The molecule has 0 heterocycles. The van der Waals surface area contributed by atoms with Gasteiger partial charge in [-0.2, -0.15) is 0 Å². The molecule has 6 nitrogen and oxygen atoms in total. The van der Waals surface area contributed by atoms with Crippen molar-refractivity contribution < 1.29 is 28.6 Å². The molecule has 0 aromatic carbocycles. The van der Waals surface area contributed by atoms with E-state index >= 15 is 0 Å². The van der Waals surface area contributed by atoms with Crippen LogP contribution < -0.4 is 0 Å². The molecule has 0 aromatic rings. The van der Waals surface area contributed by atoms with Gasteiger partial charge >= 0.3 is 17.9 Å². The van der Waals surface area contributed by atoms with E-state index in [0.29, 0.717) is 19.3 Å². The zero-order valence-electron chi connectivity index (χ0n) is 52.0. The van der Waals surface area contributed by atoms with Crippen molar-refractivity contribution in [3.63, 3.8) is 0 Å². The van der Waals surface area contributed by atoms with Crippen molar-refractivity contribution in [1.29, 1.82) is 0 Å². The number of hydrogen-bond donors (Lipinski definition) is 0. The van der Waals surface area contributed by atoms with Gasteiger partial charge in [0.25, 0.3) is 0 Å². The molecule has 6 heteroatoms. The summed E-state index contributed by atoms with van der Waals surface area (Å²) in [6.45, 7) is 6.32. The van der Waals surface area contributed by atoms with Crippen molar-refractivity contribution in [3.05, 3.63) is 170 Å². The van der Waals surface area contributed by atoms with Gasteiger partial charge in [0.05, 0.1) is 0 Å². The summed E-state index contributed by atoms with van der Waals surface area (Å²) in [7, 11) is 0. The lowest BCUT2D eigenvalue weighted by Gasteiger charge is -2.18. The number of rotatable bonds is 57. The molecule has 0 amide bonds. The van der Waals surface area contributed by atoms with Gasteiger partial charge in [-0.25, -0.2) is 0 Å². The minimum absolute atomic E-state index is 0.123. The van der Waals surface area contributed by atoms with Crippen molar-refractivity contribution in [3.8, 4) is 0 Å².